The zero-order chi connectivity index (χ0) is 24.0. The van der Waals surface area contributed by atoms with Crippen LogP contribution in [0.2, 0.25) is 23.4 Å². The molecule has 33 heavy (non-hydrogen) atoms. The topological polar surface area (TPSA) is 78.2 Å². The van der Waals surface area contributed by atoms with Crippen molar-refractivity contribution in [1.82, 2.24) is 24.5 Å². The fourth-order valence-corrected chi connectivity index (χ4v) is 4.46. The molecule has 0 bridgehead atoms. The fourth-order valence-electron chi connectivity index (χ4n) is 3.29. The van der Waals surface area contributed by atoms with Gasteiger partial charge in [-0.15, -0.1) is 0 Å². The highest BCUT2D eigenvalue weighted by Crippen LogP contribution is 2.40. The normalized spacial score (nSPS) is 15.5. The van der Waals surface area contributed by atoms with Crippen molar-refractivity contribution in [3.05, 3.63) is 29.3 Å². The van der Waals surface area contributed by atoms with Crippen molar-refractivity contribution >= 4 is 36.9 Å². The number of alkyl halides is 2. The lowest BCUT2D eigenvalue weighted by atomic mass is 10.2. The van der Waals surface area contributed by atoms with Gasteiger partial charge in [0.2, 0.25) is 17.2 Å². The number of fused-ring (bicyclic) bond motifs is 1. The highest BCUT2D eigenvalue weighted by atomic mass is 35.5. The summed E-state index contributed by atoms with van der Waals surface area (Å²) >= 11 is 6.18. The maximum atomic E-state index is 14.1. The molecular weight excluding hydrogens is 470 g/mol. The van der Waals surface area contributed by atoms with Gasteiger partial charge < -0.3 is 14.1 Å². The predicted octanol–water partition coefficient (Wildman–Crippen LogP) is 5.02. The van der Waals surface area contributed by atoms with Gasteiger partial charge in [0.05, 0.1) is 18.7 Å². The Labute approximate surface area is 197 Å². The molecule has 3 aromatic rings. The molecule has 1 fully saturated rings. The van der Waals surface area contributed by atoms with Crippen molar-refractivity contribution < 1.29 is 17.9 Å². The van der Waals surface area contributed by atoms with Crippen LogP contribution >= 0.6 is 11.6 Å². The molecule has 1 aliphatic rings. The number of halogens is 3. The van der Waals surface area contributed by atoms with Crippen LogP contribution in [0, 0.1) is 0 Å². The maximum Gasteiger partial charge on any atom is 0.296 e. The van der Waals surface area contributed by atoms with Gasteiger partial charge in [-0.3, -0.25) is 4.57 Å². The Hall–Kier alpha value is -2.37. The molecule has 0 atom stereocenters. The minimum Gasteiger partial charge on any atom is -0.542 e. The SMILES string of the molecule is CC(C)(C)[Si](C)(C)Oc1cccc2c1nc(C(F)F)n2-c1nc(Cl)nc(N2CCOCC2)n1. The minimum atomic E-state index is -2.86. The van der Waals surface area contributed by atoms with E-state index in [2.05, 4.69) is 53.8 Å². The zero-order valence-electron chi connectivity index (χ0n) is 19.3. The number of imidazole rings is 1. The quantitative estimate of drug-likeness (QED) is 0.459. The van der Waals surface area contributed by atoms with Gasteiger partial charge in [-0.05, 0) is 41.9 Å². The number of anilines is 1. The van der Waals surface area contributed by atoms with E-state index in [0.717, 1.165) is 0 Å². The number of para-hydroxylation sites is 1. The lowest BCUT2D eigenvalue weighted by Gasteiger charge is -2.36. The number of ether oxygens (including phenoxy) is 1. The van der Waals surface area contributed by atoms with Crippen molar-refractivity contribution in [3.8, 4) is 11.7 Å². The van der Waals surface area contributed by atoms with Crippen molar-refractivity contribution in [1.29, 1.82) is 0 Å². The van der Waals surface area contributed by atoms with E-state index in [4.69, 9.17) is 20.8 Å². The summed E-state index contributed by atoms with van der Waals surface area (Å²) in [5.41, 5.74) is 0.749. The van der Waals surface area contributed by atoms with Crippen LogP contribution in [-0.2, 0) is 4.74 Å². The third kappa shape index (κ3) is 4.66. The van der Waals surface area contributed by atoms with Gasteiger partial charge in [0.25, 0.3) is 14.7 Å². The third-order valence-corrected chi connectivity index (χ3v) is 10.6. The largest absolute Gasteiger partial charge is 0.542 e. The van der Waals surface area contributed by atoms with Gasteiger partial charge in [-0.2, -0.15) is 15.0 Å². The van der Waals surface area contributed by atoms with Crippen LogP contribution in [-0.4, -0.2) is 59.1 Å². The number of benzene rings is 1. The van der Waals surface area contributed by atoms with E-state index in [1.54, 1.807) is 18.2 Å². The van der Waals surface area contributed by atoms with Gasteiger partial charge in [0, 0.05) is 13.1 Å². The molecule has 2 aromatic heterocycles. The standard InChI is InChI=1S/C21H27ClF2N6O2Si/c1-21(2,3)33(4,5)32-14-8-6-7-13-15(14)25-17(16(23)24)30(13)20-27-18(22)26-19(28-20)29-9-11-31-12-10-29/h6-8,16H,9-12H2,1-5H3. The van der Waals surface area contributed by atoms with Crippen LogP contribution < -0.4 is 9.33 Å². The van der Waals surface area contributed by atoms with Gasteiger partial charge in [-0.1, -0.05) is 26.8 Å². The second kappa shape index (κ2) is 8.77. The summed E-state index contributed by atoms with van der Waals surface area (Å²) in [6.45, 7) is 12.7. The molecule has 1 saturated heterocycles. The first-order valence-corrected chi connectivity index (χ1v) is 14.0. The first kappa shape index (κ1) is 23.8. The Kier molecular flexibility index (Phi) is 6.32. The monoisotopic (exact) mass is 496 g/mol. The van der Waals surface area contributed by atoms with Crippen molar-refractivity contribution in [2.75, 3.05) is 31.2 Å². The van der Waals surface area contributed by atoms with Crippen LogP contribution in [0.25, 0.3) is 17.0 Å². The molecule has 178 valence electrons. The van der Waals surface area contributed by atoms with E-state index in [1.165, 1.54) is 4.57 Å². The van der Waals surface area contributed by atoms with Crippen molar-refractivity contribution in [3.63, 3.8) is 0 Å². The Bertz CT molecular complexity index is 1160. The number of aromatic nitrogens is 5. The molecule has 0 N–H and O–H groups in total. The molecule has 0 unspecified atom stereocenters. The summed E-state index contributed by atoms with van der Waals surface area (Å²) in [6.07, 6.45) is -2.86. The molecule has 1 aromatic carbocycles. The number of morpholine rings is 1. The van der Waals surface area contributed by atoms with Crippen LogP contribution in [0.3, 0.4) is 0 Å². The van der Waals surface area contributed by atoms with Gasteiger partial charge >= 0.3 is 0 Å². The molecule has 0 saturated carbocycles. The van der Waals surface area contributed by atoms with E-state index in [-0.39, 0.29) is 16.3 Å². The van der Waals surface area contributed by atoms with Crippen LogP contribution in [0.5, 0.6) is 5.75 Å². The molecule has 3 heterocycles. The first-order chi connectivity index (χ1) is 15.5. The van der Waals surface area contributed by atoms with Gasteiger partial charge in [0.1, 0.15) is 11.3 Å². The molecule has 8 nitrogen and oxygen atoms in total. The molecule has 0 aliphatic carbocycles. The number of hydrogen-bond acceptors (Lipinski definition) is 7. The van der Waals surface area contributed by atoms with Crippen molar-refractivity contribution in [2.24, 2.45) is 0 Å². The smallest absolute Gasteiger partial charge is 0.296 e. The summed E-state index contributed by atoms with van der Waals surface area (Å²) < 4.78 is 41.3. The van der Waals surface area contributed by atoms with Gasteiger partial charge in [-0.25, -0.2) is 13.8 Å². The van der Waals surface area contributed by atoms with Crippen LogP contribution in [0.4, 0.5) is 14.7 Å². The van der Waals surface area contributed by atoms with Crippen LogP contribution in [0.1, 0.15) is 33.0 Å². The summed E-state index contributed by atoms with van der Waals surface area (Å²) in [5.74, 6) is 0.280. The summed E-state index contributed by atoms with van der Waals surface area (Å²) in [4.78, 5) is 18.9. The highest BCUT2D eigenvalue weighted by molar-refractivity contribution is 6.74. The summed E-state index contributed by atoms with van der Waals surface area (Å²) in [5, 5.41) is -0.157. The summed E-state index contributed by atoms with van der Waals surface area (Å²) in [6, 6.07) is 5.21. The molecule has 0 radical (unpaired) electrons. The van der Waals surface area contributed by atoms with E-state index in [1.807, 2.05) is 4.90 Å². The average molecular weight is 497 g/mol. The Balaban J connectivity index is 1.86. The predicted molar refractivity (Wildman–Crippen MR) is 125 cm³/mol. The Morgan fingerprint density at radius 1 is 1.06 bits per heavy atom. The molecule has 0 amide bonds. The molecule has 1 aliphatic heterocycles. The highest BCUT2D eigenvalue weighted by Gasteiger charge is 2.39. The van der Waals surface area contributed by atoms with Crippen LogP contribution in [0.15, 0.2) is 18.2 Å². The Morgan fingerprint density at radius 2 is 1.73 bits per heavy atom. The average Bonchev–Trinajstić information content (AvgIpc) is 3.14. The number of rotatable bonds is 5. The van der Waals surface area contributed by atoms with E-state index >= 15 is 0 Å². The molecule has 0 spiro atoms. The third-order valence-electron chi connectivity index (χ3n) is 6.12. The Morgan fingerprint density at radius 3 is 2.36 bits per heavy atom. The first-order valence-electron chi connectivity index (χ1n) is 10.7. The van der Waals surface area contributed by atoms with Gasteiger partial charge in [0.15, 0.2) is 5.82 Å². The lowest BCUT2D eigenvalue weighted by Crippen LogP contribution is -2.43. The lowest BCUT2D eigenvalue weighted by molar-refractivity contribution is 0.122. The minimum absolute atomic E-state index is 0.0150. The number of hydrogen-bond donors (Lipinski definition) is 0. The zero-order valence-corrected chi connectivity index (χ0v) is 21.0. The van der Waals surface area contributed by atoms with E-state index < -0.39 is 20.6 Å². The second-order valence-corrected chi connectivity index (χ2v) is 14.5. The molecular formula is C21H27ClF2N6O2Si. The van der Waals surface area contributed by atoms with Crippen molar-refractivity contribution in [2.45, 2.75) is 45.3 Å². The van der Waals surface area contributed by atoms with E-state index in [0.29, 0.717) is 49.0 Å². The fraction of sp³-hybridized carbons (Fsp3) is 0.524. The molecule has 4 rings (SSSR count). The number of nitrogens with zero attached hydrogens (tertiary/aromatic N) is 6. The second-order valence-electron chi connectivity index (χ2n) is 9.40. The van der Waals surface area contributed by atoms with E-state index in [9.17, 15) is 8.78 Å². The molecule has 12 heteroatoms. The summed E-state index contributed by atoms with van der Waals surface area (Å²) in [7, 11) is -2.24. The maximum absolute atomic E-state index is 14.1.